The average molecular weight is 325 g/mol. The molecule has 0 spiro atoms. The molecular formula is C21H40O2. The lowest BCUT2D eigenvalue weighted by Gasteiger charge is -2.00. The SMILES string of the molecule is CCCCCCCCCC=CCCCCCCCCCC(=O)O. The van der Waals surface area contributed by atoms with E-state index in [1.54, 1.807) is 0 Å². The molecule has 0 aliphatic heterocycles. The second-order valence-electron chi connectivity index (χ2n) is 6.79. The number of carboxylic acid groups (broad SMARTS) is 1. The lowest BCUT2D eigenvalue weighted by molar-refractivity contribution is -0.137. The van der Waals surface area contributed by atoms with Gasteiger partial charge in [0, 0.05) is 6.42 Å². The molecule has 2 nitrogen and oxygen atoms in total. The second kappa shape index (κ2) is 19.3. The van der Waals surface area contributed by atoms with Crippen molar-refractivity contribution >= 4 is 5.97 Å². The maximum atomic E-state index is 10.4. The standard InChI is InChI=1S/C21H40O2/c1-2-3-4-5-6-7-8-9-10-11-12-13-14-15-16-17-18-19-20-21(22)23/h10-11H,2-9,12-20H2,1H3,(H,22,23). The van der Waals surface area contributed by atoms with Crippen molar-refractivity contribution < 1.29 is 9.90 Å². The number of aliphatic carboxylic acids is 1. The molecule has 1 N–H and O–H groups in total. The molecule has 136 valence electrons. The number of allylic oxidation sites excluding steroid dienone is 2. The Morgan fingerprint density at radius 3 is 1.48 bits per heavy atom. The highest BCUT2D eigenvalue weighted by atomic mass is 16.4. The van der Waals surface area contributed by atoms with E-state index in [-0.39, 0.29) is 0 Å². The summed E-state index contributed by atoms with van der Waals surface area (Å²) in [6.07, 6.45) is 25.6. The van der Waals surface area contributed by atoms with Crippen LogP contribution in [0, 0.1) is 0 Å². The lowest BCUT2D eigenvalue weighted by atomic mass is 10.1. The first-order valence-corrected chi connectivity index (χ1v) is 10.1. The molecule has 0 bridgehead atoms. The third kappa shape index (κ3) is 21.2. The maximum absolute atomic E-state index is 10.4. The molecule has 0 saturated carbocycles. The normalized spacial score (nSPS) is 11.3. The van der Waals surface area contributed by atoms with Crippen LogP contribution in [0.1, 0.15) is 116 Å². The van der Waals surface area contributed by atoms with Crippen molar-refractivity contribution in [3.63, 3.8) is 0 Å². The van der Waals surface area contributed by atoms with Crippen molar-refractivity contribution in [2.24, 2.45) is 0 Å². The number of carbonyl (C=O) groups is 1. The molecule has 23 heavy (non-hydrogen) atoms. The predicted octanol–water partition coefficient (Wildman–Crippen LogP) is 7.28. The minimum absolute atomic E-state index is 0.337. The van der Waals surface area contributed by atoms with Crippen LogP contribution in [0.4, 0.5) is 0 Å². The Morgan fingerprint density at radius 1 is 0.652 bits per heavy atom. The molecule has 0 aromatic carbocycles. The number of rotatable bonds is 18. The first-order valence-electron chi connectivity index (χ1n) is 10.1. The van der Waals surface area contributed by atoms with Crippen LogP contribution in [0.5, 0.6) is 0 Å². The smallest absolute Gasteiger partial charge is 0.303 e. The Morgan fingerprint density at radius 2 is 1.04 bits per heavy atom. The van der Waals surface area contributed by atoms with Crippen LogP contribution >= 0.6 is 0 Å². The highest BCUT2D eigenvalue weighted by molar-refractivity contribution is 5.66. The summed E-state index contributed by atoms with van der Waals surface area (Å²) >= 11 is 0. The van der Waals surface area contributed by atoms with E-state index in [1.807, 2.05) is 0 Å². The van der Waals surface area contributed by atoms with Crippen LogP contribution in [-0.4, -0.2) is 11.1 Å². The Balaban J connectivity index is 3.07. The lowest BCUT2D eigenvalue weighted by Crippen LogP contribution is -1.93. The summed E-state index contributed by atoms with van der Waals surface area (Å²) in [5.41, 5.74) is 0. The van der Waals surface area contributed by atoms with Crippen LogP contribution in [0.15, 0.2) is 12.2 Å². The minimum atomic E-state index is -0.659. The summed E-state index contributed by atoms with van der Waals surface area (Å²) in [4.78, 5) is 10.4. The Kier molecular flexibility index (Phi) is 18.6. The van der Waals surface area contributed by atoms with Gasteiger partial charge in [-0.1, -0.05) is 89.7 Å². The quantitative estimate of drug-likeness (QED) is 0.212. The van der Waals surface area contributed by atoms with Gasteiger partial charge in [-0.15, -0.1) is 0 Å². The van der Waals surface area contributed by atoms with Crippen molar-refractivity contribution in [3.8, 4) is 0 Å². The summed E-state index contributed by atoms with van der Waals surface area (Å²) in [6.45, 7) is 2.27. The number of hydrogen-bond acceptors (Lipinski definition) is 1. The Labute approximate surface area is 144 Å². The molecule has 0 aromatic heterocycles. The molecule has 0 atom stereocenters. The van der Waals surface area contributed by atoms with Crippen LogP contribution in [-0.2, 0) is 4.79 Å². The van der Waals surface area contributed by atoms with Crippen molar-refractivity contribution in [2.75, 3.05) is 0 Å². The molecule has 0 aliphatic rings. The zero-order valence-electron chi connectivity index (χ0n) is 15.5. The van der Waals surface area contributed by atoms with Gasteiger partial charge in [-0.25, -0.2) is 0 Å². The monoisotopic (exact) mass is 324 g/mol. The van der Waals surface area contributed by atoms with E-state index in [4.69, 9.17) is 5.11 Å². The first-order chi connectivity index (χ1) is 11.3. The zero-order valence-corrected chi connectivity index (χ0v) is 15.5. The minimum Gasteiger partial charge on any atom is -0.481 e. The van der Waals surface area contributed by atoms with E-state index in [9.17, 15) is 4.79 Å². The molecule has 0 fully saturated rings. The predicted molar refractivity (Wildman–Crippen MR) is 101 cm³/mol. The zero-order chi connectivity index (χ0) is 17.0. The molecule has 0 rings (SSSR count). The summed E-state index contributed by atoms with van der Waals surface area (Å²) < 4.78 is 0. The average Bonchev–Trinajstić information content (AvgIpc) is 2.53. The highest BCUT2D eigenvalue weighted by Crippen LogP contribution is 2.11. The van der Waals surface area contributed by atoms with Crippen LogP contribution in [0.3, 0.4) is 0 Å². The Hall–Kier alpha value is -0.790. The molecule has 0 unspecified atom stereocenters. The van der Waals surface area contributed by atoms with Crippen molar-refractivity contribution in [1.82, 2.24) is 0 Å². The van der Waals surface area contributed by atoms with Gasteiger partial charge in [0.2, 0.25) is 0 Å². The summed E-state index contributed by atoms with van der Waals surface area (Å²) in [5.74, 6) is -0.659. The molecule has 0 aliphatic carbocycles. The topological polar surface area (TPSA) is 37.3 Å². The van der Waals surface area contributed by atoms with Gasteiger partial charge in [0.15, 0.2) is 0 Å². The van der Waals surface area contributed by atoms with Gasteiger partial charge in [0.05, 0.1) is 0 Å². The van der Waals surface area contributed by atoms with E-state index in [0.29, 0.717) is 6.42 Å². The van der Waals surface area contributed by atoms with E-state index in [0.717, 1.165) is 12.8 Å². The van der Waals surface area contributed by atoms with Gasteiger partial charge in [0.25, 0.3) is 0 Å². The fourth-order valence-electron chi connectivity index (χ4n) is 2.88. The summed E-state index contributed by atoms with van der Waals surface area (Å²) in [5, 5.41) is 8.54. The van der Waals surface area contributed by atoms with E-state index >= 15 is 0 Å². The van der Waals surface area contributed by atoms with Crippen molar-refractivity contribution in [2.45, 2.75) is 116 Å². The van der Waals surface area contributed by atoms with Gasteiger partial charge in [-0.3, -0.25) is 4.79 Å². The number of carboxylic acids is 1. The number of unbranched alkanes of at least 4 members (excludes halogenated alkanes) is 14. The van der Waals surface area contributed by atoms with E-state index in [1.165, 1.54) is 89.9 Å². The van der Waals surface area contributed by atoms with Gasteiger partial charge in [-0.2, -0.15) is 0 Å². The fraction of sp³-hybridized carbons (Fsp3) is 0.857. The van der Waals surface area contributed by atoms with Crippen LogP contribution < -0.4 is 0 Å². The van der Waals surface area contributed by atoms with Crippen molar-refractivity contribution in [3.05, 3.63) is 12.2 Å². The molecule has 0 radical (unpaired) electrons. The highest BCUT2D eigenvalue weighted by Gasteiger charge is 1.96. The van der Waals surface area contributed by atoms with E-state index < -0.39 is 5.97 Å². The summed E-state index contributed by atoms with van der Waals surface area (Å²) in [7, 11) is 0. The molecular weight excluding hydrogens is 284 g/mol. The molecule has 0 heterocycles. The van der Waals surface area contributed by atoms with Gasteiger partial charge in [-0.05, 0) is 32.1 Å². The van der Waals surface area contributed by atoms with Crippen LogP contribution in [0.25, 0.3) is 0 Å². The van der Waals surface area contributed by atoms with Gasteiger partial charge in [0.1, 0.15) is 0 Å². The number of hydrogen-bond donors (Lipinski definition) is 1. The molecule has 0 saturated heterocycles. The fourth-order valence-corrected chi connectivity index (χ4v) is 2.88. The first kappa shape index (κ1) is 22.2. The van der Waals surface area contributed by atoms with Crippen LogP contribution in [0.2, 0.25) is 0 Å². The van der Waals surface area contributed by atoms with E-state index in [2.05, 4.69) is 19.1 Å². The molecule has 0 aromatic rings. The van der Waals surface area contributed by atoms with Gasteiger partial charge < -0.3 is 5.11 Å². The largest absolute Gasteiger partial charge is 0.481 e. The van der Waals surface area contributed by atoms with Crippen molar-refractivity contribution in [1.29, 1.82) is 0 Å². The third-order valence-electron chi connectivity index (χ3n) is 4.40. The maximum Gasteiger partial charge on any atom is 0.303 e. The third-order valence-corrected chi connectivity index (χ3v) is 4.40. The summed E-state index contributed by atoms with van der Waals surface area (Å²) in [6, 6.07) is 0. The van der Waals surface area contributed by atoms with Gasteiger partial charge >= 0.3 is 5.97 Å². The Bertz CT molecular complexity index is 271. The second-order valence-corrected chi connectivity index (χ2v) is 6.79. The molecule has 2 heteroatoms. The molecule has 0 amide bonds.